The lowest BCUT2D eigenvalue weighted by atomic mass is 10.1. The Kier molecular flexibility index (Phi) is 4.15. The highest BCUT2D eigenvalue weighted by atomic mass is 79.9. The summed E-state index contributed by atoms with van der Waals surface area (Å²) >= 11 is 5.09. The van der Waals surface area contributed by atoms with Crippen LogP contribution in [0, 0.1) is 6.92 Å². The van der Waals surface area contributed by atoms with Crippen LogP contribution < -0.4 is 5.73 Å². The van der Waals surface area contributed by atoms with Crippen LogP contribution in [0.2, 0.25) is 0 Å². The third-order valence-corrected chi connectivity index (χ3v) is 5.93. The minimum Gasteiger partial charge on any atom is -0.320 e. The van der Waals surface area contributed by atoms with Crippen molar-refractivity contribution in [1.29, 1.82) is 0 Å². The van der Waals surface area contributed by atoms with Crippen LogP contribution in [0.3, 0.4) is 0 Å². The van der Waals surface area contributed by atoms with E-state index >= 15 is 0 Å². The molecule has 0 amide bonds. The SMILES string of the molecule is Cc1cc(Br)c(C(N)c2cccc(S(C)(=O)=O)c2)s1. The summed E-state index contributed by atoms with van der Waals surface area (Å²) in [5.74, 6) is 0. The van der Waals surface area contributed by atoms with Crippen LogP contribution in [0.15, 0.2) is 39.7 Å². The number of sulfone groups is 1. The van der Waals surface area contributed by atoms with Crippen LogP contribution in [0.5, 0.6) is 0 Å². The standard InChI is InChI=1S/C13H14BrNO2S2/c1-8-6-11(14)13(18-8)12(15)9-4-3-5-10(7-9)19(2,16)17/h3-7,12H,15H2,1-2H3. The van der Waals surface area contributed by atoms with Crippen LogP contribution in [-0.4, -0.2) is 14.7 Å². The maximum absolute atomic E-state index is 11.6. The lowest BCUT2D eigenvalue weighted by Crippen LogP contribution is -2.11. The first-order chi connectivity index (χ1) is 8.79. The molecule has 0 saturated heterocycles. The van der Waals surface area contributed by atoms with Crippen LogP contribution >= 0.6 is 27.3 Å². The number of halogens is 1. The van der Waals surface area contributed by atoms with Gasteiger partial charge in [0.2, 0.25) is 0 Å². The zero-order valence-corrected chi connectivity index (χ0v) is 13.8. The summed E-state index contributed by atoms with van der Waals surface area (Å²) in [6.45, 7) is 2.01. The van der Waals surface area contributed by atoms with Crippen LogP contribution in [0.1, 0.15) is 21.4 Å². The van der Waals surface area contributed by atoms with E-state index in [2.05, 4.69) is 15.9 Å². The molecule has 0 saturated carbocycles. The summed E-state index contributed by atoms with van der Waals surface area (Å²) in [4.78, 5) is 2.46. The van der Waals surface area contributed by atoms with Crippen LogP contribution in [0.25, 0.3) is 0 Å². The number of aryl methyl sites for hydroxylation is 1. The van der Waals surface area contributed by atoms with Crippen LogP contribution in [0.4, 0.5) is 0 Å². The minimum absolute atomic E-state index is 0.296. The number of rotatable bonds is 3. The van der Waals surface area contributed by atoms with E-state index in [0.29, 0.717) is 4.90 Å². The third kappa shape index (κ3) is 3.25. The topological polar surface area (TPSA) is 60.2 Å². The van der Waals surface area contributed by atoms with Gasteiger partial charge in [0.05, 0.1) is 10.9 Å². The van der Waals surface area contributed by atoms with Gasteiger partial charge in [-0.3, -0.25) is 0 Å². The second-order valence-electron chi connectivity index (χ2n) is 4.39. The second-order valence-corrected chi connectivity index (χ2v) is 8.55. The fourth-order valence-corrected chi connectivity index (χ4v) is 4.41. The Morgan fingerprint density at radius 1 is 1.32 bits per heavy atom. The highest BCUT2D eigenvalue weighted by molar-refractivity contribution is 9.10. The Labute approximate surface area is 125 Å². The molecule has 0 aliphatic heterocycles. The highest BCUT2D eigenvalue weighted by Crippen LogP contribution is 2.34. The molecule has 0 aliphatic rings. The average Bonchev–Trinajstić information content (AvgIpc) is 2.66. The molecule has 0 aliphatic carbocycles. The number of nitrogens with two attached hydrogens (primary N) is 1. The zero-order chi connectivity index (χ0) is 14.2. The van der Waals surface area contributed by atoms with E-state index < -0.39 is 9.84 Å². The Morgan fingerprint density at radius 3 is 2.53 bits per heavy atom. The molecule has 1 aromatic carbocycles. The number of hydrogen-bond acceptors (Lipinski definition) is 4. The normalized spacial score (nSPS) is 13.5. The quantitative estimate of drug-likeness (QED) is 0.914. The lowest BCUT2D eigenvalue weighted by molar-refractivity contribution is 0.601. The molecule has 2 N–H and O–H groups in total. The van der Waals surface area contributed by atoms with E-state index in [-0.39, 0.29) is 6.04 Å². The van der Waals surface area contributed by atoms with Gasteiger partial charge in [0.15, 0.2) is 9.84 Å². The van der Waals surface area contributed by atoms with E-state index in [1.54, 1.807) is 29.5 Å². The van der Waals surface area contributed by atoms with Gasteiger partial charge < -0.3 is 5.73 Å². The molecule has 1 heterocycles. The molecule has 1 aromatic heterocycles. The van der Waals surface area contributed by atoms with Gasteiger partial charge in [0.1, 0.15) is 0 Å². The van der Waals surface area contributed by atoms with Crippen molar-refractivity contribution in [1.82, 2.24) is 0 Å². The Morgan fingerprint density at radius 2 is 2.00 bits per heavy atom. The molecule has 0 bridgehead atoms. The van der Waals surface area contributed by atoms with Crippen molar-refractivity contribution in [3.05, 3.63) is 50.1 Å². The molecule has 2 aromatic rings. The molecule has 0 fully saturated rings. The summed E-state index contributed by atoms with van der Waals surface area (Å²) < 4.78 is 24.1. The predicted octanol–water partition coefficient (Wildman–Crippen LogP) is 3.27. The smallest absolute Gasteiger partial charge is 0.175 e. The maximum Gasteiger partial charge on any atom is 0.175 e. The zero-order valence-electron chi connectivity index (χ0n) is 10.6. The van der Waals surface area contributed by atoms with Gasteiger partial charge in [0, 0.05) is 20.5 Å². The molecular weight excluding hydrogens is 346 g/mol. The fraction of sp³-hybridized carbons (Fsp3) is 0.231. The average molecular weight is 360 g/mol. The van der Waals surface area contributed by atoms with Crippen molar-refractivity contribution >= 4 is 37.1 Å². The monoisotopic (exact) mass is 359 g/mol. The molecule has 6 heteroatoms. The van der Waals surface area contributed by atoms with Crippen molar-refractivity contribution in [2.24, 2.45) is 5.73 Å². The maximum atomic E-state index is 11.6. The van der Waals surface area contributed by atoms with E-state index in [1.807, 2.05) is 19.1 Å². The summed E-state index contributed by atoms with van der Waals surface area (Å²) in [5, 5.41) is 0. The molecule has 1 unspecified atom stereocenters. The molecule has 0 radical (unpaired) electrons. The van der Waals surface area contributed by atoms with E-state index in [9.17, 15) is 8.42 Å². The Hall–Kier alpha value is -0.690. The molecule has 0 spiro atoms. The number of thiophene rings is 1. The van der Waals surface area contributed by atoms with E-state index in [4.69, 9.17) is 5.73 Å². The summed E-state index contributed by atoms with van der Waals surface area (Å²) in [6, 6.07) is 8.48. The van der Waals surface area contributed by atoms with Gasteiger partial charge in [-0.05, 0) is 46.6 Å². The van der Waals surface area contributed by atoms with Crippen LogP contribution in [-0.2, 0) is 9.84 Å². The highest BCUT2D eigenvalue weighted by Gasteiger charge is 2.17. The number of hydrogen-bond donors (Lipinski definition) is 1. The fourth-order valence-electron chi connectivity index (χ4n) is 1.80. The lowest BCUT2D eigenvalue weighted by Gasteiger charge is -2.12. The summed E-state index contributed by atoms with van der Waals surface area (Å²) in [5.41, 5.74) is 7.02. The second kappa shape index (κ2) is 5.36. The van der Waals surface area contributed by atoms with Crippen molar-refractivity contribution in [3.63, 3.8) is 0 Å². The van der Waals surface area contributed by atoms with Gasteiger partial charge in [-0.25, -0.2) is 8.42 Å². The van der Waals surface area contributed by atoms with E-state index in [1.165, 1.54) is 6.26 Å². The summed E-state index contributed by atoms with van der Waals surface area (Å²) in [7, 11) is -3.21. The van der Waals surface area contributed by atoms with Gasteiger partial charge in [-0.2, -0.15) is 0 Å². The minimum atomic E-state index is -3.21. The van der Waals surface area contributed by atoms with E-state index in [0.717, 1.165) is 19.8 Å². The predicted molar refractivity (Wildman–Crippen MR) is 82.3 cm³/mol. The third-order valence-electron chi connectivity index (χ3n) is 2.76. The molecule has 1 atom stereocenters. The van der Waals surface area contributed by atoms with Crippen molar-refractivity contribution in [2.75, 3.05) is 6.26 Å². The van der Waals surface area contributed by atoms with Gasteiger partial charge in [-0.15, -0.1) is 11.3 Å². The first kappa shape index (κ1) is 14.7. The van der Waals surface area contributed by atoms with Crippen molar-refractivity contribution in [2.45, 2.75) is 17.9 Å². The molecule has 2 rings (SSSR count). The van der Waals surface area contributed by atoms with Gasteiger partial charge >= 0.3 is 0 Å². The first-order valence-corrected chi connectivity index (χ1v) is 9.10. The molecule has 19 heavy (non-hydrogen) atoms. The summed E-state index contributed by atoms with van der Waals surface area (Å²) in [6.07, 6.45) is 1.20. The largest absolute Gasteiger partial charge is 0.320 e. The molecule has 3 nitrogen and oxygen atoms in total. The Balaban J connectivity index is 2.45. The first-order valence-electron chi connectivity index (χ1n) is 5.60. The molecular formula is C13H14BrNO2S2. The Bertz CT molecular complexity index is 707. The van der Waals surface area contributed by atoms with Gasteiger partial charge in [0.25, 0.3) is 0 Å². The van der Waals surface area contributed by atoms with Gasteiger partial charge in [-0.1, -0.05) is 12.1 Å². The number of benzene rings is 1. The molecule has 102 valence electrons. The van der Waals surface area contributed by atoms with Crippen molar-refractivity contribution < 1.29 is 8.42 Å². The van der Waals surface area contributed by atoms with Crippen molar-refractivity contribution in [3.8, 4) is 0 Å².